The smallest absolute Gasteiger partial charge is 0.326 e. The number of benzene rings is 2. The molecule has 304 valence electrons. The molecule has 0 heterocycles. The fourth-order valence-corrected chi connectivity index (χ4v) is 6.54. The fourth-order valence-electron chi connectivity index (χ4n) is 5.58. The lowest BCUT2D eigenvalue weighted by molar-refractivity contribution is -0.142. The molecule has 0 radical (unpaired) electrons. The van der Waals surface area contributed by atoms with Crippen molar-refractivity contribution in [3.05, 3.63) is 65.7 Å². The van der Waals surface area contributed by atoms with Gasteiger partial charge in [-0.3, -0.25) is 24.0 Å². The molecule has 5 amide bonds. The number of hydrogen-bond donors (Lipinski definition) is 8. The first kappa shape index (κ1) is 46.9. The summed E-state index contributed by atoms with van der Waals surface area (Å²) >= 11 is 2.98. The zero-order valence-electron chi connectivity index (χ0n) is 32.5. The molecule has 0 aliphatic rings. The number of aliphatic carboxylic acids is 1. The van der Waals surface area contributed by atoms with Crippen LogP contribution in [0.3, 0.4) is 0 Å². The van der Waals surface area contributed by atoms with Gasteiger partial charge in [-0.25, -0.2) is 4.79 Å². The van der Waals surface area contributed by atoms with E-state index in [-0.39, 0.29) is 37.4 Å². The Morgan fingerprint density at radius 3 is 1.60 bits per heavy atom. The number of carbonyl (C=O) groups is 6. The number of thioether (sulfide) groups is 2. The molecular formula is C39H58N6O8S2. The van der Waals surface area contributed by atoms with Crippen molar-refractivity contribution in [2.45, 2.75) is 96.1 Å². The van der Waals surface area contributed by atoms with Gasteiger partial charge >= 0.3 is 5.97 Å². The summed E-state index contributed by atoms with van der Waals surface area (Å²) in [5.41, 5.74) is 7.48. The summed E-state index contributed by atoms with van der Waals surface area (Å²) in [6.45, 7) is 7.14. The second kappa shape index (κ2) is 24.3. The van der Waals surface area contributed by atoms with Crippen molar-refractivity contribution in [2.75, 3.05) is 24.0 Å². The summed E-state index contributed by atoms with van der Waals surface area (Å²) in [6, 6.07) is 8.58. The number of aromatic hydroxyl groups is 1. The lowest BCUT2D eigenvalue weighted by atomic mass is 9.98. The number of hydrogen-bond acceptors (Lipinski definition) is 10. The third-order valence-corrected chi connectivity index (χ3v) is 9.99. The lowest BCUT2D eigenvalue weighted by Crippen LogP contribution is -2.60. The molecule has 9 N–H and O–H groups in total. The van der Waals surface area contributed by atoms with Gasteiger partial charge in [0.1, 0.15) is 36.0 Å². The van der Waals surface area contributed by atoms with Crippen molar-refractivity contribution in [3.8, 4) is 5.75 Å². The number of phenolic OH excluding ortho intramolecular Hbond substituents is 1. The molecule has 0 saturated heterocycles. The Morgan fingerprint density at radius 2 is 1.09 bits per heavy atom. The molecule has 16 heteroatoms. The fraction of sp³-hybridized carbons (Fsp3) is 0.538. The molecular weight excluding hydrogens is 745 g/mol. The van der Waals surface area contributed by atoms with Gasteiger partial charge in [0.05, 0.1) is 6.04 Å². The molecule has 2 rings (SSSR count). The van der Waals surface area contributed by atoms with Crippen LogP contribution in [0.4, 0.5) is 0 Å². The summed E-state index contributed by atoms with van der Waals surface area (Å²) in [5.74, 6) is -3.72. The number of carboxylic acid groups (broad SMARTS) is 1. The Kier molecular flexibility index (Phi) is 20.7. The summed E-state index contributed by atoms with van der Waals surface area (Å²) in [5, 5.41) is 33.1. The monoisotopic (exact) mass is 802 g/mol. The molecule has 0 aliphatic carbocycles. The third kappa shape index (κ3) is 17.0. The topological polar surface area (TPSA) is 229 Å². The summed E-state index contributed by atoms with van der Waals surface area (Å²) in [4.78, 5) is 80.2. The van der Waals surface area contributed by atoms with Crippen LogP contribution in [0.15, 0.2) is 54.6 Å². The quantitative estimate of drug-likeness (QED) is 0.0768. The molecule has 6 atom stereocenters. The maximum atomic E-state index is 14.1. The molecule has 2 aromatic carbocycles. The highest BCUT2D eigenvalue weighted by Gasteiger charge is 2.34. The van der Waals surface area contributed by atoms with E-state index in [1.165, 1.54) is 23.9 Å². The first-order chi connectivity index (χ1) is 26.1. The molecule has 0 bridgehead atoms. The third-order valence-electron chi connectivity index (χ3n) is 8.71. The number of phenols is 1. The Hall–Kier alpha value is -4.28. The molecule has 0 aliphatic heterocycles. The first-order valence-corrected chi connectivity index (χ1v) is 21.1. The van der Waals surface area contributed by atoms with E-state index >= 15 is 0 Å². The van der Waals surface area contributed by atoms with Gasteiger partial charge in [-0.1, -0.05) is 70.2 Å². The van der Waals surface area contributed by atoms with Crippen molar-refractivity contribution >= 4 is 59.0 Å². The maximum Gasteiger partial charge on any atom is 0.326 e. The van der Waals surface area contributed by atoms with Gasteiger partial charge in [0.15, 0.2) is 0 Å². The van der Waals surface area contributed by atoms with Crippen LogP contribution >= 0.6 is 23.5 Å². The molecule has 2 aromatic rings. The predicted octanol–water partition coefficient (Wildman–Crippen LogP) is 2.22. The highest BCUT2D eigenvalue weighted by Crippen LogP contribution is 2.14. The minimum absolute atomic E-state index is 0.00794. The van der Waals surface area contributed by atoms with Crippen LogP contribution in [0.25, 0.3) is 0 Å². The van der Waals surface area contributed by atoms with Gasteiger partial charge < -0.3 is 42.5 Å². The van der Waals surface area contributed by atoms with Crippen molar-refractivity contribution < 1.29 is 39.0 Å². The second-order valence-electron chi connectivity index (χ2n) is 14.2. The predicted molar refractivity (Wildman–Crippen MR) is 218 cm³/mol. The molecule has 0 aromatic heterocycles. The van der Waals surface area contributed by atoms with E-state index in [0.717, 1.165) is 5.56 Å². The average molecular weight is 803 g/mol. The van der Waals surface area contributed by atoms with Crippen LogP contribution in [-0.2, 0) is 41.6 Å². The Balaban J connectivity index is 2.40. The summed E-state index contributed by atoms with van der Waals surface area (Å²) in [6.07, 6.45) is 4.57. The minimum Gasteiger partial charge on any atom is -0.508 e. The van der Waals surface area contributed by atoms with Gasteiger partial charge in [0.2, 0.25) is 29.5 Å². The zero-order valence-corrected chi connectivity index (χ0v) is 34.1. The normalized spacial score (nSPS) is 14.5. The average Bonchev–Trinajstić information content (AvgIpc) is 3.14. The van der Waals surface area contributed by atoms with Gasteiger partial charge in [-0.15, -0.1) is 0 Å². The number of rotatable bonds is 24. The van der Waals surface area contributed by atoms with Crippen LogP contribution in [0, 0.1) is 11.8 Å². The van der Waals surface area contributed by atoms with Crippen LogP contribution in [0.1, 0.15) is 58.1 Å². The Morgan fingerprint density at radius 1 is 0.618 bits per heavy atom. The van der Waals surface area contributed by atoms with Crippen LogP contribution in [-0.4, -0.2) is 106 Å². The number of nitrogens with two attached hydrogens (primary N) is 1. The SMILES string of the molecule is CSCC[C@H](NC(=O)[C@@H](NC(=O)[C@H](CC(C)C)NC(=O)[C@H](Cc1ccc(O)cc1)NC(=O)[C@H](Cc1ccccc1)NC(=O)[C@@H](N)CCSC)C(C)C)C(=O)O. The van der Waals surface area contributed by atoms with E-state index in [9.17, 15) is 39.0 Å². The molecule has 0 fully saturated rings. The number of carboxylic acids is 1. The standard InChI is InChI=1S/C39H58N6O8S2/c1-23(2)20-30(37(50)45-33(24(3)4)38(51)41-29(39(52)53)17-19-55-6)43-36(49)32(22-26-12-14-27(46)15-13-26)44-35(48)31(21-25-10-8-7-9-11-25)42-34(47)28(40)16-18-54-5/h7-15,23-24,28-33,46H,16-22,40H2,1-6H3,(H,41,51)(H,42,47)(H,43,49)(H,44,48)(H,45,50)(H,52,53)/t28-,29-,30-,31-,32-,33-/m0/s1. The largest absolute Gasteiger partial charge is 0.508 e. The second-order valence-corrected chi connectivity index (χ2v) is 16.1. The summed E-state index contributed by atoms with van der Waals surface area (Å²) in [7, 11) is 0. The lowest BCUT2D eigenvalue weighted by Gasteiger charge is -2.29. The highest BCUT2D eigenvalue weighted by molar-refractivity contribution is 7.98. The zero-order chi connectivity index (χ0) is 41.1. The number of amides is 5. The molecule has 0 saturated carbocycles. The van der Waals surface area contributed by atoms with Crippen molar-refractivity contribution in [1.29, 1.82) is 0 Å². The van der Waals surface area contributed by atoms with E-state index in [1.54, 1.807) is 49.9 Å². The van der Waals surface area contributed by atoms with Crippen molar-refractivity contribution in [3.63, 3.8) is 0 Å². The maximum absolute atomic E-state index is 14.1. The number of nitrogens with one attached hydrogen (secondary N) is 5. The van der Waals surface area contributed by atoms with Crippen LogP contribution in [0.5, 0.6) is 5.75 Å². The minimum atomic E-state index is -1.24. The van der Waals surface area contributed by atoms with E-state index in [4.69, 9.17) is 5.73 Å². The first-order valence-electron chi connectivity index (χ1n) is 18.4. The molecule has 0 unspecified atom stereocenters. The van der Waals surface area contributed by atoms with E-state index in [2.05, 4.69) is 26.6 Å². The van der Waals surface area contributed by atoms with Gasteiger partial charge in [-0.2, -0.15) is 23.5 Å². The highest BCUT2D eigenvalue weighted by atomic mass is 32.2. The van der Waals surface area contributed by atoms with Gasteiger partial charge in [-0.05, 0) is 78.4 Å². The molecule has 0 spiro atoms. The van der Waals surface area contributed by atoms with Crippen molar-refractivity contribution in [1.82, 2.24) is 26.6 Å². The van der Waals surface area contributed by atoms with E-state index in [1.807, 2.05) is 44.6 Å². The van der Waals surface area contributed by atoms with Gasteiger partial charge in [0, 0.05) is 12.8 Å². The summed E-state index contributed by atoms with van der Waals surface area (Å²) < 4.78 is 0. The van der Waals surface area contributed by atoms with E-state index in [0.29, 0.717) is 23.5 Å². The van der Waals surface area contributed by atoms with Crippen molar-refractivity contribution in [2.24, 2.45) is 17.6 Å². The molecule has 55 heavy (non-hydrogen) atoms. The van der Waals surface area contributed by atoms with E-state index < -0.39 is 77.7 Å². The number of carbonyl (C=O) groups excluding carboxylic acids is 5. The Labute approximate surface area is 332 Å². The van der Waals surface area contributed by atoms with Crippen LogP contribution < -0.4 is 32.3 Å². The van der Waals surface area contributed by atoms with Crippen LogP contribution in [0.2, 0.25) is 0 Å². The Bertz CT molecular complexity index is 1550. The molecule has 14 nitrogen and oxygen atoms in total. The van der Waals surface area contributed by atoms with Gasteiger partial charge in [0.25, 0.3) is 0 Å².